The van der Waals surface area contributed by atoms with Crippen molar-refractivity contribution in [3.05, 3.63) is 34.3 Å². The average molecular weight is 298 g/mol. The zero-order chi connectivity index (χ0) is 12.1. The van der Waals surface area contributed by atoms with Gasteiger partial charge in [0.05, 0.1) is 6.10 Å². The Morgan fingerprint density at radius 3 is 3.12 bits per heavy atom. The molecule has 2 nitrogen and oxygen atoms in total. The maximum Gasteiger partial charge on any atom is 0.0587 e. The van der Waals surface area contributed by atoms with E-state index < -0.39 is 0 Å². The maximum atomic E-state index is 5.68. The Bertz CT molecular complexity index is 356. The number of ether oxygens (including phenoxy) is 1. The molecule has 2 unspecified atom stereocenters. The van der Waals surface area contributed by atoms with Crippen LogP contribution in [0.15, 0.2) is 28.7 Å². The fourth-order valence-electron chi connectivity index (χ4n) is 2.26. The molecule has 0 saturated carbocycles. The summed E-state index contributed by atoms with van der Waals surface area (Å²) in [6.07, 6.45) is 3.84. The van der Waals surface area contributed by atoms with Crippen LogP contribution in [-0.2, 0) is 11.3 Å². The molecule has 2 rings (SSSR count). The smallest absolute Gasteiger partial charge is 0.0587 e. The lowest BCUT2D eigenvalue weighted by Gasteiger charge is -2.29. The first kappa shape index (κ1) is 13.1. The molecule has 0 aliphatic carbocycles. The van der Waals surface area contributed by atoms with E-state index in [9.17, 15) is 0 Å². The molecule has 0 bridgehead atoms. The molecule has 0 radical (unpaired) electrons. The molecule has 2 atom stereocenters. The minimum absolute atomic E-state index is 0.448. The highest BCUT2D eigenvalue weighted by Crippen LogP contribution is 2.17. The first-order valence-electron chi connectivity index (χ1n) is 6.37. The van der Waals surface area contributed by atoms with Gasteiger partial charge in [-0.15, -0.1) is 0 Å². The van der Waals surface area contributed by atoms with Crippen LogP contribution in [0.5, 0.6) is 0 Å². The zero-order valence-electron chi connectivity index (χ0n) is 10.3. The van der Waals surface area contributed by atoms with E-state index in [1.54, 1.807) is 0 Å². The van der Waals surface area contributed by atoms with Gasteiger partial charge in [0, 0.05) is 23.7 Å². The molecule has 1 aromatic carbocycles. The van der Waals surface area contributed by atoms with Gasteiger partial charge in [0.1, 0.15) is 0 Å². The van der Waals surface area contributed by atoms with Gasteiger partial charge in [-0.2, -0.15) is 0 Å². The van der Waals surface area contributed by atoms with Crippen LogP contribution in [0.3, 0.4) is 0 Å². The molecule has 1 fully saturated rings. The molecule has 1 aliphatic rings. The van der Waals surface area contributed by atoms with Crippen LogP contribution in [0, 0.1) is 0 Å². The molecule has 0 spiro atoms. The van der Waals surface area contributed by atoms with Gasteiger partial charge in [0.15, 0.2) is 0 Å². The fourth-order valence-corrected chi connectivity index (χ4v) is 2.71. The first-order chi connectivity index (χ1) is 8.28. The topological polar surface area (TPSA) is 21.3 Å². The maximum absolute atomic E-state index is 5.68. The Balaban J connectivity index is 1.81. The van der Waals surface area contributed by atoms with Crippen molar-refractivity contribution in [2.75, 3.05) is 6.61 Å². The molecule has 17 heavy (non-hydrogen) atoms. The van der Waals surface area contributed by atoms with Crippen molar-refractivity contribution >= 4 is 15.9 Å². The molecule has 1 N–H and O–H groups in total. The van der Waals surface area contributed by atoms with Crippen LogP contribution < -0.4 is 5.32 Å². The van der Waals surface area contributed by atoms with Gasteiger partial charge in [-0.25, -0.2) is 0 Å². The highest BCUT2D eigenvalue weighted by Gasteiger charge is 2.20. The molecular weight excluding hydrogens is 278 g/mol. The van der Waals surface area contributed by atoms with Gasteiger partial charge >= 0.3 is 0 Å². The van der Waals surface area contributed by atoms with Crippen molar-refractivity contribution in [3.8, 4) is 0 Å². The SMILES string of the molecule is CCC1CC(NCc2cccc(Br)c2)CCO1. The summed E-state index contributed by atoms with van der Waals surface area (Å²) >= 11 is 3.50. The molecule has 1 aromatic rings. The monoisotopic (exact) mass is 297 g/mol. The van der Waals surface area contributed by atoms with Crippen LogP contribution in [0.1, 0.15) is 31.7 Å². The quantitative estimate of drug-likeness (QED) is 0.918. The van der Waals surface area contributed by atoms with Crippen LogP contribution in [0.25, 0.3) is 0 Å². The third kappa shape index (κ3) is 4.09. The van der Waals surface area contributed by atoms with Crippen molar-refractivity contribution in [2.45, 2.75) is 44.9 Å². The number of hydrogen-bond acceptors (Lipinski definition) is 2. The number of benzene rings is 1. The van der Waals surface area contributed by atoms with E-state index in [2.05, 4.69) is 52.4 Å². The summed E-state index contributed by atoms with van der Waals surface area (Å²) in [5.74, 6) is 0. The van der Waals surface area contributed by atoms with E-state index in [4.69, 9.17) is 4.74 Å². The molecule has 0 amide bonds. The van der Waals surface area contributed by atoms with Gasteiger partial charge in [0.25, 0.3) is 0 Å². The van der Waals surface area contributed by atoms with Crippen molar-refractivity contribution in [3.63, 3.8) is 0 Å². The van der Waals surface area contributed by atoms with Crippen molar-refractivity contribution in [1.29, 1.82) is 0 Å². The largest absolute Gasteiger partial charge is 0.378 e. The third-order valence-electron chi connectivity index (χ3n) is 3.31. The van der Waals surface area contributed by atoms with Gasteiger partial charge in [-0.05, 0) is 37.0 Å². The summed E-state index contributed by atoms with van der Waals surface area (Å²) in [5, 5.41) is 3.63. The highest BCUT2D eigenvalue weighted by molar-refractivity contribution is 9.10. The summed E-state index contributed by atoms with van der Waals surface area (Å²) < 4.78 is 6.83. The lowest BCUT2D eigenvalue weighted by Crippen LogP contribution is -2.38. The molecular formula is C14H20BrNO. The van der Waals surface area contributed by atoms with Gasteiger partial charge in [0.2, 0.25) is 0 Å². The second-order valence-electron chi connectivity index (χ2n) is 4.63. The van der Waals surface area contributed by atoms with Crippen LogP contribution in [0.4, 0.5) is 0 Å². The summed E-state index contributed by atoms with van der Waals surface area (Å²) in [6.45, 7) is 4.04. The number of hydrogen-bond donors (Lipinski definition) is 1. The zero-order valence-corrected chi connectivity index (χ0v) is 11.9. The molecule has 0 aromatic heterocycles. The fraction of sp³-hybridized carbons (Fsp3) is 0.571. The van der Waals surface area contributed by atoms with Crippen LogP contribution >= 0.6 is 15.9 Å². The van der Waals surface area contributed by atoms with Crippen molar-refractivity contribution < 1.29 is 4.74 Å². The van der Waals surface area contributed by atoms with Gasteiger partial charge in [-0.3, -0.25) is 0 Å². The molecule has 94 valence electrons. The Morgan fingerprint density at radius 1 is 1.47 bits per heavy atom. The first-order valence-corrected chi connectivity index (χ1v) is 7.16. The van der Waals surface area contributed by atoms with E-state index in [1.807, 2.05) is 0 Å². The molecule has 1 heterocycles. The Kier molecular flexibility index (Phi) is 5.01. The second-order valence-corrected chi connectivity index (χ2v) is 5.55. The minimum Gasteiger partial charge on any atom is -0.378 e. The summed E-state index contributed by atoms with van der Waals surface area (Å²) in [5.41, 5.74) is 1.33. The lowest BCUT2D eigenvalue weighted by atomic mass is 10.0. The molecule has 1 saturated heterocycles. The van der Waals surface area contributed by atoms with Crippen LogP contribution in [0.2, 0.25) is 0 Å². The lowest BCUT2D eigenvalue weighted by molar-refractivity contribution is -0.000319. The van der Waals surface area contributed by atoms with E-state index in [-0.39, 0.29) is 0 Å². The third-order valence-corrected chi connectivity index (χ3v) is 3.80. The van der Waals surface area contributed by atoms with Crippen molar-refractivity contribution in [2.24, 2.45) is 0 Å². The Morgan fingerprint density at radius 2 is 2.35 bits per heavy atom. The number of nitrogens with one attached hydrogen (secondary N) is 1. The van der Waals surface area contributed by atoms with Gasteiger partial charge in [-0.1, -0.05) is 35.0 Å². The Hall–Kier alpha value is -0.380. The normalized spacial score (nSPS) is 24.8. The summed E-state index contributed by atoms with van der Waals surface area (Å²) in [7, 11) is 0. The van der Waals surface area contributed by atoms with E-state index >= 15 is 0 Å². The second kappa shape index (κ2) is 6.53. The molecule has 3 heteroatoms. The number of halogens is 1. The average Bonchev–Trinajstić information content (AvgIpc) is 2.37. The summed E-state index contributed by atoms with van der Waals surface area (Å²) in [4.78, 5) is 0. The number of rotatable bonds is 4. The molecule has 1 aliphatic heterocycles. The summed E-state index contributed by atoms with van der Waals surface area (Å²) in [6, 6.07) is 9.08. The minimum atomic E-state index is 0.448. The van der Waals surface area contributed by atoms with Crippen LogP contribution in [-0.4, -0.2) is 18.8 Å². The van der Waals surface area contributed by atoms with Crippen molar-refractivity contribution in [1.82, 2.24) is 5.32 Å². The predicted molar refractivity (Wildman–Crippen MR) is 74.0 cm³/mol. The standard InChI is InChI=1S/C14H20BrNO/c1-2-14-9-13(6-7-17-14)16-10-11-4-3-5-12(15)8-11/h3-5,8,13-14,16H,2,6-7,9-10H2,1H3. The van der Waals surface area contributed by atoms with E-state index in [0.717, 1.165) is 36.9 Å². The van der Waals surface area contributed by atoms with E-state index in [0.29, 0.717) is 12.1 Å². The van der Waals surface area contributed by atoms with Gasteiger partial charge < -0.3 is 10.1 Å². The highest BCUT2D eigenvalue weighted by atomic mass is 79.9. The predicted octanol–water partition coefficient (Wildman–Crippen LogP) is 3.50. The van der Waals surface area contributed by atoms with E-state index in [1.165, 1.54) is 5.56 Å². The Labute approximate surface area is 112 Å².